The van der Waals surface area contributed by atoms with E-state index < -0.39 is 5.97 Å². The van der Waals surface area contributed by atoms with E-state index in [-0.39, 0.29) is 29.3 Å². The molecule has 0 aliphatic heterocycles. The van der Waals surface area contributed by atoms with Crippen LogP contribution < -0.4 is 0 Å². The van der Waals surface area contributed by atoms with Gasteiger partial charge < -0.3 is 9.84 Å². The Labute approximate surface area is 302 Å². The first-order valence-electron chi connectivity index (χ1n) is 21.3. The highest BCUT2D eigenvalue weighted by Gasteiger charge is 2.59. The molecule has 3 fully saturated rings. The molecule has 4 nitrogen and oxygen atoms in total. The lowest BCUT2D eigenvalue weighted by atomic mass is 9.47. The first-order chi connectivity index (χ1) is 23.5. The monoisotopic (exact) mass is 681 g/mol. The van der Waals surface area contributed by atoms with Crippen LogP contribution in [0.25, 0.3) is 0 Å². The number of hydrogen-bond acceptors (Lipinski definition) is 3. The van der Waals surface area contributed by atoms with Crippen LogP contribution in [0, 0.1) is 52.3 Å². The Morgan fingerprint density at radius 1 is 0.837 bits per heavy atom. The zero-order chi connectivity index (χ0) is 35.4. The molecule has 280 valence electrons. The first-order valence-corrected chi connectivity index (χ1v) is 21.3. The summed E-state index contributed by atoms with van der Waals surface area (Å²) in [6.07, 6.45) is 35.5. The average Bonchev–Trinajstić information content (AvgIpc) is 3.44. The summed E-state index contributed by atoms with van der Waals surface area (Å²) >= 11 is 0. The minimum absolute atomic E-state index is 0.0298. The standard InChI is InChI=1S/C45H76O4/c1-7-9-10-11-12-13-14-15-16-17-18-19-20-21-42(46)49-37-28-30-44(5)36(32-37)24-25-38-40-27-26-39(45(40,6)31-29-41(38)44)33(3)22-23-35(8-2)34(4)43(47)48/h22-24,33-35,37-41H,7-21,25-32H2,1-6H3,(H,47,48)/b23-22+/t33-,34?,35-,37+,38+,39-,40+,41+,44+,45-/m1/s1. The Morgan fingerprint density at radius 2 is 1.47 bits per heavy atom. The molecule has 49 heavy (non-hydrogen) atoms. The molecule has 4 rings (SSSR count). The summed E-state index contributed by atoms with van der Waals surface area (Å²) in [6.45, 7) is 13.8. The summed E-state index contributed by atoms with van der Waals surface area (Å²) in [6, 6.07) is 0. The van der Waals surface area contributed by atoms with Crippen LogP contribution in [-0.2, 0) is 14.3 Å². The van der Waals surface area contributed by atoms with Crippen molar-refractivity contribution in [1.82, 2.24) is 0 Å². The van der Waals surface area contributed by atoms with Gasteiger partial charge in [-0.25, -0.2) is 0 Å². The Hall–Kier alpha value is -1.58. The molecule has 3 saturated carbocycles. The second-order valence-electron chi connectivity index (χ2n) is 17.8. The molecule has 1 N–H and O–H groups in total. The van der Waals surface area contributed by atoms with Crippen molar-refractivity contribution in [3.8, 4) is 0 Å². The van der Waals surface area contributed by atoms with E-state index in [1.54, 1.807) is 5.57 Å². The van der Waals surface area contributed by atoms with E-state index in [1.807, 2.05) is 6.92 Å². The fourth-order valence-electron chi connectivity index (χ4n) is 11.5. The number of carboxylic acid groups (broad SMARTS) is 1. The molecule has 0 aromatic heterocycles. The zero-order valence-electron chi connectivity index (χ0n) is 32.8. The van der Waals surface area contributed by atoms with Gasteiger partial charge in [-0.3, -0.25) is 9.59 Å². The largest absolute Gasteiger partial charge is 0.481 e. The molecule has 10 atom stereocenters. The Kier molecular flexibility index (Phi) is 15.8. The van der Waals surface area contributed by atoms with Crippen molar-refractivity contribution in [3.63, 3.8) is 0 Å². The molecule has 0 radical (unpaired) electrons. The van der Waals surface area contributed by atoms with E-state index in [0.717, 1.165) is 56.3 Å². The molecule has 0 saturated heterocycles. The van der Waals surface area contributed by atoms with Gasteiger partial charge in [0.15, 0.2) is 0 Å². The van der Waals surface area contributed by atoms with Crippen LogP contribution >= 0.6 is 0 Å². The molecule has 4 aliphatic carbocycles. The average molecular weight is 681 g/mol. The molecule has 0 amide bonds. The summed E-state index contributed by atoms with van der Waals surface area (Å²) in [5.74, 6) is 2.56. The van der Waals surface area contributed by atoms with Crippen LogP contribution in [-0.4, -0.2) is 23.1 Å². The maximum Gasteiger partial charge on any atom is 0.306 e. The van der Waals surface area contributed by atoms with E-state index in [2.05, 4.69) is 52.8 Å². The van der Waals surface area contributed by atoms with E-state index >= 15 is 0 Å². The van der Waals surface area contributed by atoms with Crippen LogP contribution in [0.3, 0.4) is 0 Å². The molecule has 4 heteroatoms. The highest BCUT2D eigenvalue weighted by Crippen LogP contribution is 2.67. The zero-order valence-corrected chi connectivity index (χ0v) is 32.8. The second kappa shape index (κ2) is 19.3. The lowest BCUT2D eigenvalue weighted by molar-refractivity contribution is -0.151. The van der Waals surface area contributed by atoms with Gasteiger partial charge in [0.25, 0.3) is 0 Å². The smallest absolute Gasteiger partial charge is 0.306 e. The molecule has 0 aromatic rings. The molecule has 0 heterocycles. The highest BCUT2D eigenvalue weighted by molar-refractivity contribution is 5.70. The Morgan fingerprint density at radius 3 is 2.08 bits per heavy atom. The van der Waals surface area contributed by atoms with Gasteiger partial charge in [0.1, 0.15) is 6.10 Å². The topological polar surface area (TPSA) is 63.6 Å². The molecule has 0 spiro atoms. The van der Waals surface area contributed by atoms with Gasteiger partial charge in [0, 0.05) is 12.8 Å². The van der Waals surface area contributed by atoms with Gasteiger partial charge in [-0.2, -0.15) is 0 Å². The van der Waals surface area contributed by atoms with Crippen LogP contribution in [0.2, 0.25) is 0 Å². The van der Waals surface area contributed by atoms with Gasteiger partial charge in [0.2, 0.25) is 0 Å². The Bertz CT molecular complexity index is 1090. The van der Waals surface area contributed by atoms with Crippen molar-refractivity contribution in [2.45, 2.75) is 195 Å². The van der Waals surface area contributed by atoms with Gasteiger partial charge >= 0.3 is 11.9 Å². The summed E-state index contributed by atoms with van der Waals surface area (Å²) in [5, 5.41) is 9.56. The lowest BCUT2D eigenvalue weighted by Crippen LogP contribution is -2.51. The molecule has 0 bridgehead atoms. The summed E-state index contributed by atoms with van der Waals surface area (Å²) in [5.41, 5.74) is 2.21. The maximum absolute atomic E-state index is 12.8. The molecular weight excluding hydrogens is 604 g/mol. The lowest BCUT2D eigenvalue weighted by Gasteiger charge is -2.58. The fraction of sp³-hybridized carbons (Fsp3) is 0.867. The van der Waals surface area contributed by atoms with Crippen molar-refractivity contribution in [3.05, 3.63) is 23.8 Å². The molecule has 4 aliphatic rings. The second-order valence-corrected chi connectivity index (χ2v) is 17.8. The predicted octanol–water partition coefficient (Wildman–Crippen LogP) is 12.9. The first kappa shape index (κ1) is 40.2. The highest BCUT2D eigenvalue weighted by atomic mass is 16.5. The number of aliphatic carboxylic acids is 1. The van der Waals surface area contributed by atoms with Gasteiger partial charge in [-0.05, 0) is 104 Å². The van der Waals surface area contributed by atoms with Crippen LogP contribution in [0.4, 0.5) is 0 Å². The summed E-state index contributed by atoms with van der Waals surface area (Å²) < 4.78 is 6.11. The van der Waals surface area contributed by atoms with E-state index in [0.29, 0.717) is 23.7 Å². The summed E-state index contributed by atoms with van der Waals surface area (Å²) in [7, 11) is 0. The number of carbonyl (C=O) groups excluding carboxylic acids is 1. The quantitative estimate of drug-likeness (QED) is 0.0744. The van der Waals surface area contributed by atoms with E-state index in [9.17, 15) is 14.7 Å². The predicted molar refractivity (Wildman–Crippen MR) is 204 cm³/mol. The molecule has 0 aromatic carbocycles. The van der Waals surface area contributed by atoms with Gasteiger partial charge in [-0.15, -0.1) is 0 Å². The minimum atomic E-state index is -0.689. The van der Waals surface area contributed by atoms with Crippen molar-refractivity contribution in [1.29, 1.82) is 0 Å². The SMILES string of the molecule is CCCCCCCCCCCCCCCC(=O)O[C@H]1CC[C@@]2(C)C(=CC[C@H]3[C@@H]4CC[C@H]([C@H](C)/C=C/[C@@H](CC)C(C)C(=O)O)[C@@]4(C)CC[C@@H]32)C1. The number of esters is 1. The number of carboxylic acids is 1. The number of allylic oxidation sites excluding steroid dienone is 3. The minimum Gasteiger partial charge on any atom is -0.481 e. The molecule has 1 unspecified atom stereocenters. The van der Waals surface area contributed by atoms with Crippen molar-refractivity contribution >= 4 is 11.9 Å². The number of fused-ring (bicyclic) bond motifs is 5. The Balaban J connectivity index is 1.19. The maximum atomic E-state index is 12.8. The van der Waals surface area contributed by atoms with Crippen molar-refractivity contribution in [2.24, 2.45) is 52.3 Å². The molecular formula is C45H76O4. The van der Waals surface area contributed by atoms with Crippen LogP contribution in [0.15, 0.2) is 23.8 Å². The number of hydrogen-bond donors (Lipinski definition) is 1. The number of rotatable bonds is 21. The van der Waals surface area contributed by atoms with E-state index in [4.69, 9.17) is 4.74 Å². The fourth-order valence-corrected chi connectivity index (χ4v) is 11.5. The number of ether oxygens (including phenoxy) is 1. The normalized spacial score (nSPS) is 32.9. The van der Waals surface area contributed by atoms with E-state index in [1.165, 1.54) is 103 Å². The third kappa shape index (κ3) is 10.3. The third-order valence-corrected chi connectivity index (χ3v) is 14.7. The van der Waals surface area contributed by atoms with Crippen molar-refractivity contribution < 1.29 is 19.4 Å². The number of unbranched alkanes of at least 4 members (excludes halogenated alkanes) is 12. The van der Waals surface area contributed by atoms with Crippen LogP contribution in [0.5, 0.6) is 0 Å². The van der Waals surface area contributed by atoms with Gasteiger partial charge in [-0.1, -0.05) is 142 Å². The number of carbonyl (C=O) groups is 2. The van der Waals surface area contributed by atoms with Gasteiger partial charge in [0.05, 0.1) is 5.92 Å². The van der Waals surface area contributed by atoms with Crippen molar-refractivity contribution in [2.75, 3.05) is 0 Å². The van der Waals surface area contributed by atoms with Crippen LogP contribution in [0.1, 0.15) is 189 Å². The summed E-state index contributed by atoms with van der Waals surface area (Å²) in [4.78, 5) is 24.4. The third-order valence-electron chi connectivity index (χ3n) is 14.7.